The standard InChI is InChI=1S/C12H14FNO5S/c1-7-10(15)4-5-14(7)20(18,19)11-3-2-8(12(16)17)6-9(11)13/h2-3,6-7,10,15H,4-5H2,1H3,(H,16,17)/t7-,10-/m1/s1. The van der Waals surface area contributed by atoms with Crippen molar-refractivity contribution in [3.8, 4) is 0 Å². The maximum atomic E-state index is 13.9. The quantitative estimate of drug-likeness (QED) is 0.855. The molecule has 2 atom stereocenters. The third-order valence-electron chi connectivity index (χ3n) is 3.42. The third-order valence-corrected chi connectivity index (χ3v) is 5.44. The first-order valence-corrected chi connectivity index (χ1v) is 7.42. The molecule has 0 radical (unpaired) electrons. The minimum absolute atomic E-state index is 0.102. The Morgan fingerprint density at radius 1 is 1.45 bits per heavy atom. The molecule has 20 heavy (non-hydrogen) atoms. The van der Waals surface area contributed by atoms with Gasteiger partial charge in [-0.05, 0) is 31.5 Å². The fourth-order valence-corrected chi connectivity index (χ4v) is 3.93. The summed E-state index contributed by atoms with van der Waals surface area (Å²) in [7, 11) is -4.09. The molecule has 2 N–H and O–H groups in total. The van der Waals surface area contributed by atoms with Gasteiger partial charge in [0.1, 0.15) is 10.7 Å². The van der Waals surface area contributed by atoms with E-state index in [1.165, 1.54) is 0 Å². The average molecular weight is 303 g/mol. The summed E-state index contributed by atoms with van der Waals surface area (Å²) in [5, 5.41) is 18.3. The van der Waals surface area contributed by atoms with Crippen molar-refractivity contribution in [1.29, 1.82) is 0 Å². The Hall–Kier alpha value is -1.51. The smallest absolute Gasteiger partial charge is 0.335 e. The summed E-state index contributed by atoms with van der Waals surface area (Å²) in [6.45, 7) is 1.64. The summed E-state index contributed by atoms with van der Waals surface area (Å²) >= 11 is 0. The van der Waals surface area contributed by atoms with Gasteiger partial charge in [-0.3, -0.25) is 0 Å². The summed E-state index contributed by atoms with van der Waals surface area (Å²) in [5.74, 6) is -2.45. The summed E-state index contributed by atoms with van der Waals surface area (Å²) in [4.78, 5) is 10.1. The lowest BCUT2D eigenvalue weighted by atomic mass is 10.2. The molecule has 0 aromatic heterocycles. The van der Waals surface area contributed by atoms with Crippen LogP contribution in [0, 0.1) is 5.82 Å². The van der Waals surface area contributed by atoms with Crippen LogP contribution >= 0.6 is 0 Å². The molecule has 1 aliphatic rings. The van der Waals surface area contributed by atoms with Crippen LogP contribution in [0.3, 0.4) is 0 Å². The minimum Gasteiger partial charge on any atom is -0.478 e. The number of aliphatic hydroxyl groups is 1. The number of benzene rings is 1. The molecule has 0 bridgehead atoms. The number of nitrogens with zero attached hydrogens (tertiary/aromatic N) is 1. The Morgan fingerprint density at radius 3 is 2.55 bits per heavy atom. The molecule has 0 aliphatic carbocycles. The van der Waals surface area contributed by atoms with E-state index < -0.39 is 38.9 Å². The average Bonchev–Trinajstić information content (AvgIpc) is 2.70. The van der Waals surface area contributed by atoms with Gasteiger partial charge in [0.25, 0.3) is 0 Å². The summed E-state index contributed by atoms with van der Waals surface area (Å²) in [5.41, 5.74) is -0.323. The lowest BCUT2D eigenvalue weighted by molar-refractivity contribution is 0.0696. The van der Waals surface area contributed by atoms with Crippen LogP contribution in [0.1, 0.15) is 23.7 Å². The van der Waals surface area contributed by atoms with Crippen molar-refractivity contribution in [2.45, 2.75) is 30.4 Å². The molecule has 1 fully saturated rings. The highest BCUT2D eigenvalue weighted by molar-refractivity contribution is 7.89. The Balaban J connectivity index is 2.43. The molecule has 8 heteroatoms. The van der Waals surface area contributed by atoms with E-state index in [9.17, 15) is 22.7 Å². The van der Waals surface area contributed by atoms with E-state index >= 15 is 0 Å². The number of carbonyl (C=O) groups is 1. The molecular weight excluding hydrogens is 289 g/mol. The molecule has 1 saturated heterocycles. The minimum atomic E-state index is -4.09. The number of hydrogen-bond acceptors (Lipinski definition) is 4. The maximum Gasteiger partial charge on any atom is 0.335 e. The van der Waals surface area contributed by atoms with Crippen LogP contribution in [-0.4, -0.2) is 47.6 Å². The van der Waals surface area contributed by atoms with Gasteiger partial charge < -0.3 is 10.2 Å². The van der Waals surface area contributed by atoms with Crippen LogP contribution in [0.25, 0.3) is 0 Å². The number of aromatic carboxylic acids is 1. The summed E-state index contributed by atoms with van der Waals surface area (Å²) in [6, 6.07) is 2.01. The van der Waals surface area contributed by atoms with Crippen molar-refractivity contribution in [3.05, 3.63) is 29.6 Å². The molecule has 1 aliphatic heterocycles. The molecular formula is C12H14FNO5S. The predicted molar refractivity (Wildman–Crippen MR) is 67.3 cm³/mol. The maximum absolute atomic E-state index is 13.9. The second kappa shape index (κ2) is 5.12. The molecule has 1 heterocycles. The monoisotopic (exact) mass is 303 g/mol. The number of rotatable bonds is 3. The van der Waals surface area contributed by atoms with Gasteiger partial charge in [-0.25, -0.2) is 17.6 Å². The van der Waals surface area contributed by atoms with Gasteiger partial charge in [-0.2, -0.15) is 4.31 Å². The molecule has 1 aromatic rings. The van der Waals surface area contributed by atoms with Gasteiger partial charge in [0.05, 0.1) is 11.7 Å². The second-order valence-electron chi connectivity index (χ2n) is 4.66. The van der Waals surface area contributed by atoms with Gasteiger partial charge in [0.2, 0.25) is 10.0 Å². The third kappa shape index (κ3) is 2.41. The highest BCUT2D eigenvalue weighted by Crippen LogP contribution is 2.27. The predicted octanol–water partition coefficient (Wildman–Crippen LogP) is 0.668. The SMILES string of the molecule is C[C@@H]1[C@H](O)CCN1S(=O)(=O)c1ccc(C(=O)O)cc1F. The van der Waals surface area contributed by atoms with E-state index in [1.54, 1.807) is 6.92 Å². The van der Waals surface area contributed by atoms with Crippen LogP contribution in [-0.2, 0) is 10.0 Å². The molecule has 2 rings (SSSR count). The van der Waals surface area contributed by atoms with Crippen LogP contribution < -0.4 is 0 Å². The molecule has 1 aromatic carbocycles. The number of halogens is 1. The number of aliphatic hydroxyl groups excluding tert-OH is 1. The Labute approximate surface area is 115 Å². The van der Waals surface area contributed by atoms with Crippen molar-refractivity contribution in [3.63, 3.8) is 0 Å². The largest absolute Gasteiger partial charge is 0.478 e. The Bertz CT molecular complexity index is 645. The first-order valence-electron chi connectivity index (χ1n) is 5.98. The molecule has 6 nitrogen and oxygen atoms in total. The Kier molecular flexibility index (Phi) is 3.81. The van der Waals surface area contributed by atoms with Crippen LogP contribution in [0.15, 0.2) is 23.1 Å². The van der Waals surface area contributed by atoms with Crippen molar-refractivity contribution in [1.82, 2.24) is 4.31 Å². The number of carboxylic acid groups (broad SMARTS) is 1. The van der Waals surface area contributed by atoms with Gasteiger partial charge >= 0.3 is 5.97 Å². The lowest BCUT2D eigenvalue weighted by Crippen LogP contribution is -2.37. The summed E-state index contributed by atoms with van der Waals surface area (Å²) in [6.07, 6.45) is -0.499. The highest BCUT2D eigenvalue weighted by Gasteiger charge is 2.39. The Morgan fingerprint density at radius 2 is 2.10 bits per heavy atom. The number of carboxylic acids is 1. The van der Waals surface area contributed by atoms with E-state index in [2.05, 4.69) is 0 Å². The highest BCUT2D eigenvalue weighted by atomic mass is 32.2. The zero-order chi connectivity index (χ0) is 15.1. The number of sulfonamides is 1. The molecule has 0 amide bonds. The zero-order valence-electron chi connectivity index (χ0n) is 10.7. The fraction of sp³-hybridized carbons (Fsp3) is 0.417. The molecule has 0 saturated carbocycles. The van der Waals surface area contributed by atoms with Crippen molar-refractivity contribution >= 4 is 16.0 Å². The van der Waals surface area contributed by atoms with Crippen molar-refractivity contribution in [2.24, 2.45) is 0 Å². The molecule has 110 valence electrons. The second-order valence-corrected chi connectivity index (χ2v) is 6.52. The van der Waals surface area contributed by atoms with Crippen LogP contribution in [0.2, 0.25) is 0 Å². The topological polar surface area (TPSA) is 94.9 Å². The normalized spacial score (nSPS) is 23.9. The van der Waals surface area contributed by atoms with E-state index in [1.807, 2.05) is 0 Å². The van der Waals surface area contributed by atoms with Crippen molar-refractivity contribution in [2.75, 3.05) is 6.54 Å². The molecule has 0 unspecified atom stereocenters. The van der Waals surface area contributed by atoms with E-state index in [0.29, 0.717) is 6.07 Å². The van der Waals surface area contributed by atoms with Crippen LogP contribution in [0.4, 0.5) is 4.39 Å². The fourth-order valence-electron chi connectivity index (χ4n) is 2.20. The van der Waals surface area contributed by atoms with Gasteiger partial charge in [0.15, 0.2) is 0 Å². The first kappa shape index (κ1) is 14.9. The van der Waals surface area contributed by atoms with Gasteiger partial charge in [0, 0.05) is 12.6 Å². The first-order chi connectivity index (χ1) is 9.25. The van der Waals surface area contributed by atoms with E-state index in [-0.39, 0.29) is 18.5 Å². The number of hydrogen-bond donors (Lipinski definition) is 2. The van der Waals surface area contributed by atoms with E-state index in [4.69, 9.17) is 5.11 Å². The van der Waals surface area contributed by atoms with Crippen LogP contribution in [0.5, 0.6) is 0 Å². The van der Waals surface area contributed by atoms with Crippen molar-refractivity contribution < 1.29 is 27.8 Å². The zero-order valence-corrected chi connectivity index (χ0v) is 11.5. The molecule has 0 spiro atoms. The van der Waals surface area contributed by atoms with Gasteiger partial charge in [-0.15, -0.1) is 0 Å². The van der Waals surface area contributed by atoms with E-state index in [0.717, 1.165) is 16.4 Å². The summed E-state index contributed by atoms with van der Waals surface area (Å²) < 4.78 is 39.5. The lowest BCUT2D eigenvalue weighted by Gasteiger charge is -2.22. The van der Waals surface area contributed by atoms with Gasteiger partial charge in [-0.1, -0.05) is 0 Å².